The maximum atomic E-state index is 6.00. The Bertz CT molecular complexity index is 654. The van der Waals surface area contributed by atoms with Gasteiger partial charge in [-0.25, -0.2) is 9.97 Å². The monoisotopic (exact) mass is 356 g/mol. The van der Waals surface area contributed by atoms with Gasteiger partial charge in [-0.2, -0.15) is 0 Å². The molecule has 0 bridgehead atoms. The van der Waals surface area contributed by atoms with Crippen LogP contribution in [0, 0.1) is 11.8 Å². The first-order chi connectivity index (χ1) is 12.7. The van der Waals surface area contributed by atoms with Crippen LogP contribution in [-0.4, -0.2) is 34.6 Å². The second-order valence-electron chi connectivity index (χ2n) is 9.20. The van der Waals surface area contributed by atoms with E-state index in [0.717, 1.165) is 42.9 Å². The van der Waals surface area contributed by atoms with Gasteiger partial charge in [-0.1, -0.05) is 6.92 Å². The van der Waals surface area contributed by atoms with Gasteiger partial charge in [0.15, 0.2) is 0 Å². The van der Waals surface area contributed by atoms with Gasteiger partial charge in [-0.05, 0) is 56.8 Å². The number of nitrogens with two attached hydrogens (primary N) is 1. The normalized spacial score (nSPS) is 39.3. The summed E-state index contributed by atoms with van der Waals surface area (Å²) in [5, 5.41) is 3.63. The third kappa shape index (κ3) is 3.35. The Kier molecular flexibility index (Phi) is 4.38. The summed E-state index contributed by atoms with van der Waals surface area (Å²) in [5.74, 6) is 4.73. The molecule has 0 radical (unpaired) electrons. The Morgan fingerprint density at radius 2 is 1.92 bits per heavy atom. The Morgan fingerprint density at radius 3 is 2.69 bits per heavy atom. The van der Waals surface area contributed by atoms with Crippen molar-refractivity contribution < 1.29 is 0 Å². The van der Waals surface area contributed by atoms with E-state index in [1.54, 1.807) is 0 Å². The van der Waals surface area contributed by atoms with Gasteiger partial charge in [-0.3, -0.25) is 10.9 Å². The van der Waals surface area contributed by atoms with E-state index in [0.29, 0.717) is 30.0 Å². The quantitative estimate of drug-likeness (QED) is 0.647. The number of fused-ring (bicyclic) bond motifs is 1. The zero-order valence-corrected chi connectivity index (χ0v) is 15.7. The maximum Gasteiger partial charge on any atom is 0.134 e. The standard InChI is InChI=1S/C20H32N6/c1-11-2-5-16-15(6-11)18(26-25-16)10-22-19-9-17(13-7-14(21)8-13)23-20(24-19)12-3-4-12/h9,11-16,18,25-26H,2-8,10,21H2,1H3,(H,22,23,24). The molecule has 2 heterocycles. The van der Waals surface area contributed by atoms with E-state index >= 15 is 0 Å². The minimum Gasteiger partial charge on any atom is -0.368 e. The fraction of sp³-hybridized carbons (Fsp3) is 0.800. The van der Waals surface area contributed by atoms with Crippen LogP contribution in [0.25, 0.3) is 0 Å². The highest BCUT2D eigenvalue weighted by molar-refractivity contribution is 5.39. The van der Waals surface area contributed by atoms with E-state index in [-0.39, 0.29) is 0 Å². The number of anilines is 1. The highest BCUT2D eigenvalue weighted by atomic mass is 15.4. The number of nitrogens with one attached hydrogen (secondary N) is 3. The highest BCUT2D eigenvalue weighted by Gasteiger charge is 2.39. The molecule has 1 saturated heterocycles. The van der Waals surface area contributed by atoms with Crippen LogP contribution in [0.4, 0.5) is 5.82 Å². The molecule has 4 aliphatic rings. The smallest absolute Gasteiger partial charge is 0.134 e. The van der Waals surface area contributed by atoms with Crippen LogP contribution in [0.1, 0.15) is 75.2 Å². The third-order valence-corrected chi connectivity index (χ3v) is 6.93. The van der Waals surface area contributed by atoms with Crippen molar-refractivity contribution in [3.05, 3.63) is 17.6 Å². The van der Waals surface area contributed by atoms with Crippen LogP contribution in [0.2, 0.25) is 0 Å². The summed E-state index contributed by atoms with van der Waals surface area (Å²) in [6.45, 7) is 3.31. The zero-order chi connectivity index (χ0) is 17.7. The van der Waals surface area contributed by atoms with Crippen LogP contribution in [-0.2, 0) is 0 Å². The van der Waals surface area contributed by atoms with E-state index in [1.807, 2.05) is 0 Å². The van der Waals surface area contributed by atoms with Crippen molar-refractivity contribution in [2.75, 3.05) is 11.9 Å². The van der Waals surface area contributed by atoms with Gasteiger partial charge in [0, 0.05) is 48.3 Å². The van der Waals surface area contributed by atoms with E-state index in [9.17, 15) is 0 Å². The fourth-order valence-corrected chi connectivity index (χ4v) is 5.00. The summed E-state index contributed by atoms with van der Waals surface area (Å²) < 4.78 is 0. The molecule has 6 heteroatoms. The first kappa shape index (κ1) is 16.9. The molecule has 1 aromatic heterocycles. The largest absolute Gasteiger partial charge is 0.368 e. The van der Waals surface area contributed by atoms with Gasteiger partial charge in [0.05, 0.1) is 0 Å². The van der Waals surface area contributed by atoms with Crippen molar-refractivity contribution in [2.24, 2.45) is 17.6 Å². The second-order valence-corrected chi connectivity index (χ2v) is 9.20. The number of nitrogens with zero attached hydrogens (tertiary/aromatic N) is 2. The molecule has 142 valence electrons. The van der Waals surface area contributed by atoms with Crippen molar-refractivity contribution in [3.8, 4) is 0 Å². The van der Waals surface area contributed by atoms with Crippen molar-refractivity contribution in [1.29, 1.82) is 0 Å². The molecular formula is C20H32N6. The molecule has 1 aliphatic heterocycles. The molecule has 0 spiro atoms. The Morgan fingerprint density at radius 1 is 1.08 bits per heavy atom. The first-order valence-corrected chi connectivity index (χ1v) is 10.5. The molecule has 6 nitrogen and oxygen atoms in total. The Labute approximate surface area is 156 Å². The summed E-state index contributed by atoms with van der Waals surface area (Å²) in [6, 6.07) is 3.64. The van der Waals surface area contributed by atoms with E-state index in [4.69, 9.17) is 15.7 Å². The van der Waals surface area contributed by atoms with E-state index in [1.165, 1.54) is 37.8 Å². The molecule has 5 N–H and O–H groups in total. The number of hydrazine groups is 1. The summed E-state index contributed by atoms with van der Waals surface area (Å²) >= 11 is 0. The molecule has 3 saturated carbocycles. The lowest BCUT2D eigenvalue weighted by Crippen LogP contribution is -2.38. The summed E-state index contributed by atoms with van der Waals surface area (Å²) in [4.78, 5) is 9.71. The van der Waals surface area contributed by atoms with Crippen molar-refractivity contribution in [1.82, 2.24) is 20.8 Å². The summed E-state index contributed by atoms with van der Waals surface area (Å²) in [7, 11) is 0. The van der Waals surface area contributed by atoms with Gasteiger partial charge in [-0.15, -0.1) is 0 Å². The topological polar surface area (TPSA) is 87.9 Å². The molecule has 4 unspecified atom stereocenters. The number of aromatic nitrogens is 2. The van der Waals surface area contributed by atoms with Crippen molar-refractivity contribution in [3.63, 3.8) is 0 Å². The van der Waals surface area contributed by atoms with Gasteiger partial charge >= 0.3 is 0 Å². The first-order valence-electron chi connectivity index (χ1n) is 10.5. The SMILES string of the molecule is CC1CCC2NNC(CNc3cc(C4CC(N)C4)nc(C4CC4)n3)C2C1. The molecule has 4 fully saturated rings. The van der Waals surface area contributed by atoms with Crippen LogP contribution in [0.3, 0.4) is 0 Å². The number of rotatable bonds is 5. The van der Waals surface area contributed by atoms with Crippen LogP contribution < -0.4 is 21.9 Å². The molecular weight excluding hydrogens is 324 g/mol. The molecule has 0 amide bonds. The van der Waals surface area contributed by atoms with Crippen LogP contribution >= 0.6 is 0 Å². The predicted octanol–water partition coefficient (Wildman–Crippen LogP) is 2.25. The molecule has 3 aliphatic carbocycles. The lowest BCUT2D eigenvalue weighted by atomic mass is 9.77. The average Bonchev–Trinajstić information content (AvgIpc) is 3.39. The minimum absolute atomic E-state index is 0.356. The Hall–Kier alpha value is -1.24. The van der Waals surface area contributed by atoms with Crippen molar-refractivity contribution >= 4 is 5.82 Å². The number of hydrogen-bond acceptors (Lipinski definition) is 6. The third-order valence-electron chi connectivity index (χ3n) is 6.93. The van der Waals surface area contributed by atoms with Gasteiger partial charge in [0.1, 0.15) is 11.6 Å². The minimum atomic E-state index is 0.356. The van der Waals surface area contributed by atoms with Gasteiger partial charge in [0.25, 0.3) is 0 Å². The number of hydrogen-bond donors (Lipinski definition) is 4. The maximum absolute atomic E-state index is 6.00. The van der Waals surface area contributed by atoms with E-state index < -0.39 is 0 Å². The van der Waals surface area contributed by atoms with Crippen LogP contribution in [0.15, 0.2) is 6.07 Å². The fourth-order valence-electron chi connectivity index (χ4n) is 5.00. The zero-order valence-electron chi connectivity index (χ0n) is 15.7. The second kappa shape index (κ2) is 6.73. The average molecular weight is 357 g/mol. The summed E-state index contributed by atoms with van der Waals surface area (Å²) in [6.07, 6.45) is 8.57. The molecule has 5 rings (SSSR count). The molecule has 1 aromatic rings. The van der Waals surface area contributed by atoms with E-state index in [2.05, 4.69) is 29.2 Å². The lowest BCUT2D eigenvalue weighted by molar-refractivity contribution is 0.247. The molecule has 26 heavy (non-hydrogen) atoms. The molecule has 4 atom stereocenters. The van der Waals surface area contributed by atoms with Crippen LogP contribution in [0.5, 0.6) is 0 Å². The summed E-state index contributed by atoms with van der Waals surface area (Å²) in [5.41, 5.74) is 14.3. The van der Waals surface area contributed by atoms with Gasteiger partial charge in [0.2, 0.25) is 0 Å². The Balaban J connectivity index is 1.27. The van der Waals surface area contributed by atoms with Crippen molar-refractivity contribution in [2.45, 2.75) is 81.8 Å². The lowest BCUT2D eigenvalue weighted by Gasteiger charge is -2.32. The van der Waals surface area contributed by atoms with Gasteiger partial charge < -0.3 is 11.1 Å². The highest BCUT2D eigenvalue weighted by Crippen LogP contribution is 2.41. The predicted molar refractivity (Wildman–Crippen MR) is 103 cm³/mol. The molecule has 0 aromatic carbocycles.